The fourth-order valence-corrected chi connectivity index (χ4v) is 1.31. The van der Waals surface area contributed by atoms with Gasteiger partial charge in [0.15, 0.2) is 0 Å². The van der Waals surface area contributed by atoms with Crippen molar-refractivity contribution >= 4 is 6.09 Å². The minimum atomic E-state index is -0.620. The van der Waals surface area contributed by atoms with Gasteiger partial charge in [-0.05, 0) is 26.3 Å². The van der Waals surface area contributed by atoms with Crippen molar-refractivity contribution < 1.29 is 14.4 Å². The molecule has 98 valence electrons. The number of ether oxygens (including phenoxy) is 1. The number of rotatable bonds is 4. The summed E-state index contributed by atoms with van der Waals surface area (Å²) in [4.78, 5) is 16.7. The fourth-order valence-electron chi connectivity index (χ4n) is 1.31. The summed E-state index contributed by atoms with van der Waals surface area (Å²) in [5.41, 5.74) is 2.61. The highest BCUT2D eigenvalue weighted by Gasteiger charge is 2.17. The van der Waals surface area contributed by atoms with E-state index in [1.165, 1.54) is 0 Å². The molecule has 1 N–H and O–H groups in total. The summed E-state index contributed by atoms with van der Waals surface area (Å²) in [6.45, 7) is 9.03. The number of amides is 1. The minimum Gasteiger partial charge on any atom is -0.442 e. The standard InChI is InChI=1S/C14H19NO3/c1-5-12(11-9-7-6-8-10-11)18-15-13(16)17-14(2,3)4/h5-10,12H,1H2,2-4H3,(H,15,16). The van der Waals surface area contributed by atoms with Crippen molar-refractivity contribution in [3.05, 3.63) is 48.6 Å². The van der Waals surface area contributed by atoms with Crippen molar-refractivity contribution in [3.8, 4) is 0 Å². The molecule has 0 aromatic heterocycles. The van der Waals surface area contributed by atoms with Gasteiger partial charge in [-0.1, -0.05) is 36.4 Å². The molecule has 1 unspecified atom stereocenters. The Kier molecular flexibility index (Phi) is 4.92. The van der Waals surface area contributed by atoms with Gasteiger partial charge in [-0.25, -0.2) is 4.79 Å². The van der Waals surface area contributed by atoms with Gasteiger partial charge in [0, 0.05) is 0 Å². The lowest BCUT2D eigenvalue weighted by molar-refractivity contribution is -0.0280. The minimum absolute atomic E-state index is 0.404. The van der Waals surface area contributed by atoms with Gasteiger partial charge in [0.25, 0.3) is 0 Å². The molecular weight excluding hydrogens is 230 g/mol. The van der Waals surface area contributed by atoms with Gasteiger partial charge in [0.2, 0.25) is 0 Å². The molecule has 0 aliphatic rings. The summed E-state index contributed by atoms with van der Waals surface area (Å²) in [5.74, 6) is 0. The van der Waals surface area contributed by atoms with Crippen LogP contribution in [0.15, 0.2) is 43.0 Å². The number of hydroxylamine groups is 1. The average molecular weight is 249 g/mol. The van der Waals surface area contributed by atoms with Crippen molar-refractivity contribution in [1.29, 1.82) is 0 Å². The Labute approximate surface area is 108 Å². The van der Waals surface area contributed by atoms with Gasteiger partial charge in [-0.15, -0.1) is 6.58 Å². The molecule has 0 saturated carbocycles. The fraction of sp³-hybridized carbons (Fsp3) is 0.357. The largest absolute Gasteiger partial charge is 0.442 e. The lowest BCUT2D eigenvalue weighted by Gasteiger charge is -2.21. The third-order valence-corrected chi connectivity index (χ3v) is 2.01. The molecule has 0 radical (unpaired) electrons. The molecule has 1 amide bonds. The number of benzene rings is 1. The molecule has 18 heavy (non-hydrogen) atoms. The molecule has 1 atom stereocenters. The Hall–Kier alpha value is -1.81. The number of nitrogens with one attached hydrogen (secondary N) is 1. The maximum Gasteiger partial charge on any atom is 0.431 e. The van der Waals surface area contributed by atoms with Gasteiger partial charge in [0.05, 0.1) is 0 Å². The molecule has 0 spiro atoms. The Morgan fingerprint density at radius 1 is 1.33 bits per heavy atom. The Bertz CT molecular complexity index is 395. The molecule has 1 rings (SSSR count). The summed E-state index contributed by atoms with van der Waals surface area (Å²) in [5, 5.41) is 0. The summed E-state index contributed by atoms with van der Waals surface area (Å²) in [7, 11) is 0. The highest BCUT2D eigenvalue weighted by Crippen LogP contribution is 2.16. The second-order valence-electron chi connectivity index (χ2n) is 4.79. The first-order valence-electron chi connectivity index (χ1n) is 5.74. The summed E-state index contributed by atoms with van der Waals surface area (Å²) in [6.07, 6.45) is 0.580. The van der Waals surface area contributed by atoms with E-state index in [9.17, 15) is 4.79 Å². The zero-order valence-corrected chi connectivity index (χ0v) is 11.0. The smallest absolute Gasteiger partial charge is 0.431 e. The van der Waals surface area contributed by atoms with Crippen LogP contribution in [0.3, 0.4) is 0 Å². The van der Waals surface area contributed by atoms with E-state index in [0.717, 1.165) is 5.56 Å². The number of carbonyl (C=O) groups is 1. The molecule has 0 bridgehead atoms. The Morgan fingerprint density at radius 3 is 2.44 bits per heavy atom. The average Bonchev–Trinajstić information content (AvgIpc) is 2.29. The third kappa shape index (κ3) is 5.01. The highest BCUT2D eigenvalue weighted by molar-refractivity contribution is 5.66. The zero-order valence-electron chi connectivity index (χ0n) is 11.0. The van der Waals surface area contributed by atoms with E-state index in [2.05, 4.69) is 12.1 Å². The molecule has 0 fully saturated rings. The van der Waals surface area contributed by atoms with Crippen molar-refractivity contribution in [1.82, 2.24) is 5.48 Å². The van der Waals surface area contributed by atoms with Crippen molar-refractivity contribution in [2.75, 3.05) is 0 Å². The zero-order chi connectivity index (χ0) is 13.6. The predicted molar refractivity (Wildman–Crippen MR) is 69.8 cm³/mol. The van der Waals surface area contributed by atoms with Crippen LogP contribution < -0.4 is 5.48 Å². The third-order valence-electron chi connectivity index (χ3n) is 2.01. The van der Waals surface area contributed by atoms with Crippen LogP contribution in [0.4, 0.5) is 4.79 Å². The molecule has 0 aliphatic heterocycles. The molecule has 0 saturated heterocycles. The van der Waals surface area contributed by atoms with Crippen LogP contribution in [0, 0.1) is 0 Å². The van der Waals surface area contributed by atoms with E-state index in [0.29, 0.717) is 0 Å². The molecule has 1 aromatic carbocycles. The Balaban J connectivity index is 2.51. The van der Waals surface area contributed by atoms with Crippen molar-refractivity contribution in [3.63, 3.8) is 0 Å². The quantitative estimate of drug-likeness (QED) is 0.657. The molecule has 0 aliphatic carbocycles. The van der Waals surface area contributed by atoms with Crippen molar-refractivity contribution in [2.45, 2.75) is 32.5 Å². The van der Waals surface area contributed by atoms with Crippen LogP contribution in [0.5, 0.6) is 0 Å². The van der Waals surface area contributed by atoms with E-state index < -0.39 is 17.8 Å². The van der Waals surface area contributed by atoms with E-state index in [1.807, 2.05) is 30.3 Å². The van der Waals surface area contributed by atoms with E-state index in [1.54, 1.807) is 26.8 Å². The molecule has 0 heterocycles. The monoisotopic (exact) mass is 249 g/mol. The normalized spacial score (nSPS) is 12.6. The predicted octanol–water partition coefficient (Wildman–Crippen LogP) is 3.37. The SMILES string of the molecule is C=CC(ONC(=O)OC(C)(C)C)c1ccccc1. The van der Waals surface area contributed by atoms with Gasteiger partial charge < -0.3 is 4.74 Å². The van der Waals surface area contributed by atoms with Crippen LogP contribution in [0.25, 0.3) is 0 Å². The molecule has 4 heteroatoms. The number of hydrogen-bond donors (Lipinski definition) is 1. The van der Waals surface area contributed by atoms with Gasteiger partial charge in [0.1, 0.15) is 11.7 Å². The van der Waals surface area contributed by atoms with Crippen LogP contribution in [0.2, 0.25) is 0 Å². The second kappa shape index (κ2) is 6.21. The number of carbonyl (C=O) groups excluding carboxylic acids is 1. The lowest BCUT2D eigenvalue weighted by atomic mass is 10.1. The summed E-state index contributed by atoms with van der Waals surface area (Å²) >= 11 is 0. The van der Waals surface area contributed by atoms with Crippen molar-refractivity contribution in [2.24, 2.45) is 0 Å². The lowest BCUT2D eigenvalue weighted by Crippen LogP contribution is -2.33. The summed E-state index contributed by atoms with van der Waals surface area (Å²) < 4.78 is 5.06. The maximum atomic E-state index is 11.4. The maximum absolute atomic E-state index is 11.4. The summed E-state index contributed by atoms with van der Waals surface area (Å²) in [6, 6.07) is 9.47. The first-order valence-corrected chi connectivity index (χ1v) is 5.74. The molecule has 1 aromatic rings. The van der Waals surface area contributed by atoms with Crippen LogP contribution >= 0.6 is 0 Å². The van der Waals surface area contributed by atoms with Gasteiger partial charge in [-0.3, -0.25) is 4.84 Å². The molecular formula is C14H19NO3. The number of hydrogen-bond acceptors (Lipinski definition) is 3. The Morgan fingerprint density at radius 2 is 1.94 bits per heavy atom. The van der Waals surface area contributed by atoms with Crippen LogP contribution in [-0.2, 0) is 9.57 Å². The topological polar surface area (TPSA) is 47.6 Å². The second-order valence-corrected chi connectivity index (χ2v) is 4.79. The van der Waals surface area contributed by atoms with E-state index in [4.69, 9.17) is 9.57 Å². The first-order chi connectivity index (χ1) is 8.42. The first kappa shape index (κ1) is 14.3. The van der Waals surface area contributed by atoms with Crippen LogP contribution in [0.1, 0.15) is 32.4 Å². The van der Waals surface area contributed by atoms with Crippen LogP contribution in [-0.4, -0.2) is 11.7 Å². The molecule has 4 nitrogen and oxygen atoms in total. The van der Waals surface area contributed by atoms with E-state index >= 15 is 0 Å². The highest BCUT2D eigenvalue weighted by atomic mass is 16.7. The van der Waals surface area contributed by atoms with Gasteiger partial charge in [-0.2, -0.15) is 5.48 Å². The van der Waals surface area contributed by atoms with Gasteiger partial charge >= 0.3 is 6.09 Å². The van der Waals surface area contributed by atoms with E-state index in [-0.39, 0.29) is 0 Å².